The predicted molar refractivity (Wildman–Crippen MR) is 105 cm³/mol. The van der Waals surface area contributed by atoms with Crippen LogP contribution in [-0.2, 0) is 14.8 Å². The summed E-state index contributed by atoms with van der Waals surface area (Å²) in [6.45, 7) is 5.18. The Bertz CT molecular complexity index is 1050. The van der Waals surface area contributed by atoms with Crippen molar-refractivity contribution >= 4 is 33.2 Å². The number of anilines is 2. The van der Waals surface area contributed by atoms with Crippen LogP contribution >= 0.6 is 0 Å². The van der Waals surface area contributed by atoms with Crippen LogP contribution in [0.5, 0.6) is 5.75 Å². The van der Waals surface area contributed by atoms with E-state index in [-0.39, 0.29) is 22.9 Å². The lowest BCUT2D eigenvalue weighted by molar-refractivity contribution is -0.122. The van der Waals surface area contributed by atoms with E-state index >= 15 is 0 Å². The monoisotopic (exact) mass is 401 g/mol. The molecule has 3 rings (SSSR count). The minimum atomic E-state index is -3.74. The SMILES string of the molecule is C=CCNS(=O)(=O)c1cccc(C(=O)Nc2ccc3c(c2)NC(=O)[C@@H](C)O3)c1. The van der Waals surface area contributed by atoms with Gasteiger partial charge in [-0.25, -0.2) is 13.1 Å². The largest absolute Gasteiger partial charge is 0.479 e. The quantitative estimate of drug-likeness (QED) is 0.642. The Morgan fingerprint density at radius 2 is 2.07 bits per heavy atom. The maximum absolute atomic E-state index is 12.5. The van der Waals surface area contributed by atoms with E-state index in [1.54, 1.807) is 25.1 Å². The van der Waals surface area contributed by atoms with Gasteiger partial charge in [-0.1, -0.05) is 12.1 Å². The number of rotatable bonds is 6. The maximum Gasteiger partial charge on any atom is 0.265 e. The zero-order valence-corrected chi connectivity index (χ0v) is 15.9. The highest BCUT2D eigenvalue weighted by Gasteiger charge is 2.24. The van der Waals surface area contributed by atoms with E-state index in [2.05, 4.69) is 21.9 Å². The average molecular weight is 401 g/mol. The lowest BCUT2D eigenvalue weighted by atomic mass is 10.2. The van der Waals surface area contributed by atoms with Gasteiger partial charge in [-0.15, -0.1) is 6.58 Å². The Morgan fingerprint density at radius 1 is 1.29 bits per heavy atom. The third-order valence-corrected chi connectivity index (χ3v) is 5.41. The molecule has 2 aromatic carbocycles. The Labute approximate surface area is 162 Å². The van der Waals surface area contributed by atoms with E-state index in [0.29, 0.717) is 17.1 Å². The number of hydrogen-bond acceptors (Lipinski definition) is 5. The molecule has 3 N–H and O–H groups in total. The fourth-order valence-electron chi connectivity index (χ4n) is 2.55. The molecule has 1 heterocycles. The molecule has 146 valence electrons. The average Bonchev–Trinajstić information content (AvgIpc) is 2.67. The number of carbonyl (C=O) groups is 2. The van der Waals surface area contributed by atoms with Gasteiger partial charge in [0, 0.05) is 17.8 Å². The molecular weight excluding hydrogens is 382 g/mol. The molecule has 9 heteroatoms. The lowest BCUT2D eigenvalue weighted by Gasteiger charge is -2.23. The summed E-state index contributed by atoms with van der Waals surface area (Å²) in [5.41, 5.74) is 1.05. The number of ether oxygens (including phenoxy) is 1. The summed E-state index contributed by atoms with van der Waals surface area (Å²) >= 11 is 0. The van der Waals surface area contributed by atoms with Crippen molar-refractivity contribution in [3.63, 3.8) is 0 Å². The van der Waals surface area contributed by atoms with Crippen molar-refractivity contribution in [3.05, 3.63) is 60.7 Å². The van der Waals surface area contributed by atoms with Gasteiger partial charge in [0.25, 0.3) is 11.8 Å². The molecule has 1 aliphatic heterocycles. The smallest absolute Gasteiger partial charge is 0.265 e. The van der Waals surface area contributed by atoms with E-state index in [1.165, 1.54) is 30.3 Å². The number of benzene rings is 2. The number of sulfonamides is 1. The number of amides is 2. The Hall–Kier alpha value is -3.17. The highest BCUT2D eigenvalue weighted by atomic mass is 32.2. The molecule has 0 aliphatic carbocycles. The minimum Gasteiger partial charge on any atom is -0.479 e. The molecule has 0 saturated heterocycles. The van der Waals surface area contributed by atoms with Crippen LogP contribution in [0.15, 0.2) is 60.0 Å². The number of carbonyl (C=O) groups excluding carboxylic acids is 2. The molecule has 2 amide bonds. The first-order valence-electron chi connectivity index (χ1n) is 8.44. The zero-order valence-electron chi connectivity index (χ0n) is 15.1. The van der Waals surface area contributed by atoms with Crippen molar-refractivity contribution in [2.24, 2.45) is 0 Å². The number of nitrogens with one attached hydrogen (secondary N) is 3. The van der Waals surface area contributed by atoms with Gasteiger partial charge in [-0.3, -0.25) is 9.59 Å². The molecule has 0 radical (unpaired) electrons. The Morgan fingerprint density at radius 3 is 2.82 bits per heavy atom. The van der Waals surface area contributed by atoms with Crippen LogP contribution in [-0.4, -0.2) is 32.9 Å². The van der Waals surface area contributed by atoms with Crippen LogP contribution in [0.4, 0.5) is 11.4 Å². The van der Waals surface area contributed by atoms with E-state index < -0.39 is 22.0 Å². The van der Waals surface area contributed by atoms with Gasteiger partial charge < -0.3 is 15.4 Å². The van der Waals surface area contributed by atoms with Crippen molar-refractivity contribution in [2.45, 2.75) is 17.9 Å². The molecule has 0 aromatic heterocycles. The second-order valence-corrected chi connectivity index (χ2v) is 7.85. The molecular formula is C19H19N3O5S. The molecule has 8 nitrogen and oxygen atoms in total. The minimum absolute atomic E-state index is 0.0258. The van der Waals surface area contributed by atoms with Crippen molar-refractivity contribution in [1.82, 2.24) is 4.72 Å². The zero-order chi connectivity index (χ0) is 20.3. The van der Waals surface area contributed by atoms with Crippen molar-refractivity contribution < 1.29 is 22.7 Å². The van der Waals surface area contributed by atoms with Crippen LogP contribution in [0, 0.1) is 0 Å². The summed E-state index contributed by atoms with van der Waals surface area (Å²) < 4.78 is 32.2. The van der Waals surface area contributed by atoms with E-state index in [9.17, 15) is 18.0 Å². The summed E-state index contributed by atoms with van der Waals surface area (Å²) in [6, 6.07) is 10.5. The normalized spacial score (nSPS) is 15.8. The first-order chi connectivity index (χ1) is 13.3. The molecule has 0 unspecified atom stereocenters. The molecule has 2 aromatic rings. The topological polar surface area (TPSA) is 114 Å². The van der Waals surface area contributed by atoms with E-state index in [4.69, 9.17) is 4.74 Å². The molecule has 1 atom stereocenters. The van der Waals surface area contributed by atoms with Gasteiger partial charge >= 0.3 is 0 Å². The fraction of sp³-hybridized carbons (Fsp3) is 0.158. The van der Waals surface area contributed by atoms with Crippen LogP contribution in [0.3, 0.4) is 0 Å². The van der Waals surface area contributed by atoms with Gasteiger partial charge in [0.15, 0.2) is 6.10 Å². The first-order valence-corrected chi connectivity index (χ1v) is 9.92. The summed E-state index contributed by atoms with van der Waals surface area (Å²) in [5.74, 6) is -0.260. The highest BCUT2D eigenvalue weighted by molar-refractivity contribution is 7.89. The van der Waals surface area contributed by atoms with E-state index in [0.717, 1.165) is 0 Å². The van der Waals surface area contributed by atoms with Crippen LogP contribution in [0.2, 0.25) is 0 Å². The molecule has 0 saturated carbocycles. The predicted octanol–water partition coefficient (Wildman–Crippen LogP) is 2.12. The number of hydrogen-bond donors (Lipinski definition) is 3. The summed E-state index contributed by atoms with van der Waals surface area (Å²) in [7, 11) is -3.74. The van der Waals surface area contributed by atoms with Gasteiger partial charge in [-0.2, -0.15) is 0 Å². The first kappa shape index (κ1) is 19.6. The van der Waals surface area contributed by atoms with Crippen LogP contribution in [0.25, 0.3) is 0 Å². The van der Waals surface area contributed by atoms with Crippen molar-refractivity contribution in [2.75, 3.05) is 17.2 Å². The highest BCUT2D eigenvalue weighted by Crippen LogP contribution is 2.32. The molecule has 1 aliphatic rings. The Kier molecular flexibility index (Phi) is 5.48. The van der Waals surface area contributed by atoms with Gasteiger partial charge in [0.05, 0.1) is 10.6 Å². The summed E-state index contributed by atoms with van der Waals surface area (Å²) in [5, 5.41) is 5.38. The lowest BCUT2D eigenvalue weighted by Crippen LogP contribution is -2.34. The van der Waals surface area contributed by atoms with E-state index in [1.807, 2.05) is 0 Å². The molecule has 0 fully saturated rings. The molecule has 0 spiro atoms. The molecule has 0 bridgehead atoms. The van der Waals surface area contributed by atoms with Crippen LogP contribution < -0.4 is 20.1 Å². The summed E-state index contributed by atoms with van der Waals surface area (Å²) in [4.78, 5) is 24.2. The van der Waals surface area contributed by atoms with Crippen molar-refractivity contribution in [1.29, 1.82) is 0 Å². The third kappa shape index (κ3) is 4.21. The van der Waals surface area contributed by atoms with Gasteiger partial charge in [-0.05, 0) is 43.3 Å². The van der Waals surface area contributed by atoms with Gasteiger partial charge in [0.1, 0.15) is 5.75 Å². The van der Waals surface area contributed by atoms with Crippen LogP contribution in [0.1, 0.15) is 17.3 Å². The van der Waals surface area contributed by atoms with Crippen molar-refractivity contribution in [3.8, 4) is 5.75 Å². The molecule has 28 heavy (non-hydrogen) atoms. The number of fused-ring (bicyclic) bond motifs is 1. The summed E-state index contributed by atoms with van der Waals surface area (Å²) in [6.07, 6.45) is 0.834. The van der Waals surface area contributed by atoms with Gasteiger partial charge in [0.2, 0.25) is 10.0 Å². The standard InChI is InChI=1S/C19H19N3O5S/c1-3-9-20-28(25,26)15-6-4-5-13(10-15)19(24)21-14-7-8-17-16(11-14)22-18(23)12(2)27-17/h3-8,10-12,20H,1,9H2,2H3,(H,21,24)(H,22,23)/t12-/m1/s1. The second kappa shape index (κ2) is 7.83. The fourth-order valence-corrected chi connectivity index (χ4v) is 3.59. The third-order valence-electron chi connectivity index (χ3n) is 3.99. The Balaban J connectivity index is 1.79. The maximum atomic E-state index is 12.5. The second-order valence-electron chi connectivity index (χ2n) is 6.08.